The number of anilines is 1. The lowest BCUT2D eigenvalue weighted by molar-refractivity contribution is -0.121. The molecule has 1 amide bonds. The molecule has 0 atom stereocenters. The summed E-state index contributed by atoms with van der Waals surface area (Å²) in [6.45, 7) is -0.680. The number of rotatable bonds is 6. The zero-order valence-electron chi connectivity index (χ0n) is 11.9. The maximum Gasteiger partial charge on any atom is 0.252 e. The third-order valence-electron chi connectivity index (χ3n) is 3.19. The average molecular weight is 319 g/mol. The minimum absolute atomic E-state index is 0.0133. The Labute approximate surface area is 129 Å². The molecule has 0 aliphatic rings. The van der Waals surface area contributed by atoms with E-state index in [0.717, 1.165) is 0 Å². The van der Waals surface area contributed by atoms with Gasteiger partial charge in [-0.3, -0.25) is 4.79 Å². The van der Waals surface area contributed by atoms with Crippen LogP contribution in [0.25, 0.3) is 0 Å². The van der Waals surface area contributed by atoms with Crippen LogP contribution >= 0.6 is 0 Å². The summed E-state index contributed by atoms with van der Waals surface area (Å²) in [4.78, 5) is 13.3. The Balaban J connectivity index is 2.17. The molecule has 2 rings (SSSR count). The van der Waals surface area contributed by atoms with Crippen molar-refractivity contribution in [3.8, 4) is 0 Å². The molecule has 0 saturated heterocycles. The zero-order chi connectivity index (χ0) is 16.0. The molecule has 2 aromatic rings. The van der Waals surface area contributed by atoms with E-state index in [2.05, 4.69) is 0 Å². The Bertz CT molecular complexity index is 714. The number of carbonyl (C=O) groups is 1. The minimum Gasteiger partial charge on any atom is -0.387 e. The molecular formula is C16H17NO4S. The van der Waals surface area contributed by atoms with Crippen molar-refractivity contribution in [1.82, 2.24) is 0 Å². The second kappa shape index (κ2) is 7.20. The Morgan fingerprint density at radius 1 is 0.955 bits per heavy atom. The molecule has 0 aliphatic carbocycles. The van der Waals surface area contributed by atoms with Gasteiger partial charge in [-0.1, -0.05) is 36.4 Å². The van der Waals surface area contributed by atoms with Gasteiger partial charge in [0.15, 0.2) is 9.84 Å². The summed E-state index contributed by atoms with van der Waals surface area (Å²) in [5.74, 6) is -0.744. The normalized spacial score (nSPS) is 11.1. The van der Waals surface area contributed by atoms with E-state index >= 15 is 0 Å². The first-order chi connectivity index (χ1) is 10.5. The lowest BCUT2D eigenvalue weighted by Crippen LogP contribution is -2.37. The molecule has 0 fully saturated rings. The fraction of sp³-hybridized carbons (Fsp3) is 0.188. The summed E-state index contributed by atoms with van der Waals surface area (Å²) < 4.78 is 24.6. The monoisotopic (exact) mass is 319 g/mol. The molecule has 5 nitrogen and oxygen atoms in total. The summed E-state index contributed by atoms with van der Waals surface area (Å²) >= 11 is 0. The summed E-state index contributed by atoms with van der Waals surface area (Å²) in [7, 11) is -3.48. The Morgan fingerprint density at radius 3 is 2.05 bits per heavy atom. The minimum atomic E-state index is -3.48. The van der Waals surface area contributed by atoms with Crippen LogP contribution in [0.4, 0.5) is 5.69 Å². The molecule has 22 heavy (non-hydrogen) atoms. The highest BCUT2D eigenvalue weighted by molar-refractivity contribution is 7.91. The molecule has 0 spiro atoms. The smallest absolute Gasteiger partial charge is 0.252 e. The number of aliphatic hydroxyl groups is 1. The van der Waals surface area contributed by atoms with Crippen molar-refractivity contribution < 1.29 is 18.3 Å². The van der Waals surface area contributed by atoms with Crippen LogP contribution in [-0.4, -0.2) is 38.3 Å². The first-order valence-electron chi connectivity index (χ1n) is 6.78. The van der Waals surface area contributed by atoms with E-state index in [4.69, 9.17) is 5.11 Å². The molecule has 0 heterocycles. The highest BCUT2D eigenvalue weighted by Gasteiger charge is 2.20. The Morgan fingerprint density at radius 2 is 1.50 bits per heavy atom. The lowest BCUT2D eigenvalue weighted by Gasteiger charge is -2.21. The quantitative estimate of drug-likeness (QED) is 0.875. The fourth-order valence-electron chi connectivity index (χ4n) is 2.05. The molecule has 6 heteroatoms. The third kappa shape index (κ3) is 3.93. The third-order valence-corrected chi connectivity index (χ3v) is 4.90. The van der Waals surface area contributed by atoms with E-state index in [-0.39, 0.29) is 17.2 Å². The molecule has 116 valence electrons. The predicted octanol–water partition coefficient (Wildman–Crippen LogP) is 1.49. The number of para-hydroxylation sites is 1. The molecule has 0 aromatic heterocycles. The van der Waals surface area contributed by atoms with E-state index in [1.54, 1.807) is 48.5 Å². The van der Waals surface area contributed by atoms with Crippen molar-refractivity contribution in [2.24, 2.45) is 0 Å². The first kappa shape index (κ1) is 16.2. The number of sulfone groups is 1. The van der Waals surface area contributed by atoms with E-state index in [1.807, 2.05) is 0 Å². The molecule has 0 unspecified atom stereocenters. The van der Waals surface area contributed by atoms with Crippen LogP contribution in [0.3, 0.4) is 0 Å². The van der Waals surface area contributed by atoms with Crippen molar-refractivity contribution in [2.75, 3.05) is 23.8 Å². The van der Waals surface area contributed by atoms with Gasteiger partial charge in [-0.05, 0) is 24.3 Å². The molecule has 0 bridgehead atoms. The van der Waals surface area contributed by atoms with Gasteiger partial charge in [-0.25, -0.2) is 8.42 Å². The maximum absolute atomic E-state index is 12.3. The van der Waals surface area contributed by atoms with Crippen LogP contribution < -0.4 is 4.90 Å². The highest BCUT2D eigenvalue weighted by atomic mass is 32.2. The second-order valence-electron chi connectivity index (χ2n) is 4.67. The zero-order valence-corrected chi connectivity index (χ0v) is 12.7. The largest absolute Gasteiger partial charge is 0.387 e. The van der Waals surface area contributed by atoms with E-state index < -0.39 is 22.4 Å². The standard InChI is InChI=1S/C16H17NO4S/c18-13-16(19)17(14-7-3-1-4-8-14)11-12-22(20,21)15-9-5-2-6-10-15/h1-10,18H,11-13H2. The van der Waals surface area contributed by atoms with E-state index in [1.165, 1.54) is 17.0 Å². The number of hydrogen-bond acceptors (Lipinski definition) is 4. The number of aliphatic hydroxyl groups excluding tert-OH is 1. The first-order valence-corrected chi connectivity index (χ1v) is 8.44. The van der Waals surface area contributed by atoms with Gasteiger partial charge >= 0.3 is 0 Å². The lowest BCUT2D eigenvalue weighted by atomic mass is 10.3. The van der Waals surface area contributed by atoms with Gasteiger partial charge in [0.05, 0.1) is 10.6 Å². The summed E-state index contributed by atoms with van der Waals surface area (Å²) in [6.07, 6.45) is 0. The van der Waals surface area contributed by atoms with Crippen LogP contribution in [0.15, 0.2) is 65.6 Å². The fourth-order valence-corrected chi connectivity index (χ4v) is 3.28. The summed E-state index contributed by atoms with van der Waals surface area (Å²) in [5.41, 5.74) is 0.560. The van der Waals surface area contributed by atoms with Gasteiger partial charge in [-0.2, -0.15) is 0 Å². The van der Waals surface area contributed by atoms with Crippen LogP contribution in [0, 0.1) is 0 Å². The molecule has 2 aromatic carbocycles. The number of nitrogens with zero attached hydrogens (tertiary/aromatic N) is 1. The molecule has 0 aliphatic heterocycles. The molecular weight excluding hydrogens is 302 g/mol. The van der Waals surface area contributed by atoms with Crippen molar-refractivity contribution >= 4 is 21.4 Å². The van der Waals surface area contributed by atoms with Crippen molar-refractivity contribution in [2.45, 2.75) is 4.90 Å². The molecule has 0 radical (unpaired) electrons. The highest BCUT2D eigenvalue weighted by Crippen LogP contribution is 2.16. The van der Waals surface area contributed by atoms with Gasteiger partial charge in [0.2, 0.25) is 0 Å². The number of amides is 1. The average Bonchev–Trinajstić information content (AvgIpc) is 2.56. The van der Waals surface area contributed by atoms with Crippen LogP contribution in [0.2, 0.25) is 0 Å². The van der Waals surface area contributed by atoms with Crippen molar-refractivity contribution in [3.63, 3.8) is 0 Å². The Kier molecular flexibility index (Phi) is 5.30. The van der Waals surface area contributed by atoms with Crippen LogP contribution in [0.1, 0.15) is 0 Å². The van der Waals surface area contributed by atoms with Crippen molar-refractivity contribution in [3.05, 3.63) is 60.7 Å². The number of benzene rings is 2. The molecule has 0 saturated carbocycles. The van der Waals surface area contributed by atoms with E-state index in [9.17, 15) is 13.2 Å². The Hall–Kier alpha value is -2.18. The van der Waals surface area contributed by atoms with Gasteiger partial charge in [-0.15, -0.1) is 0 Å². The van der Waals surface area contributed by atoms with Gasteiger partial charge < -0.3 is 10.0 Å². The maximum atomic E-state index is 12.3. The summed E-state index contributed by atoms with van der Waals surface area (Å²) in [6, 6.07) is 16.8. The number of hydrogen-bond donors (Lipinski definition) is 1. The number of carbonyl (C=O) groups excluding carboxylic acids is 1. The molecule has 1 N–H and O–H groups in total. The SMILES string of the molecule is O=C(CO)N(CCS(=O)(=O)c1ccccc1)c1ccccc1. The van der Waals surface area contributed by atoms with Gasteiger partial charge in [0.25, 0.3) is 5.91 Å². The van der Waals surface area contributed by atoms with E-state index in [0.29, 0.717) is 5.69 Å². The van der Waals surface area contributed by atoms with Gasteiger partial charge in [0, 0.05) is 12.2 Å². The topological polar surface area (TPSA) is 74.7 Å². The van der Waals surface area contributed by atoms with Crippen LogP contribution in [0.5, 0.6) is 0 Å². The van der Waals surface area contributed by atoms with Gasteiger partial charge in [0.1, 0.15) is 6.61 Å². The predicted molar refractivity (Wildman–Crippen MR) is 84.4 cm³/mol. The second-order valence-corrected chi connectivity index (χ2v) is 6.78. The van der Waals surface area contributed by atoms with Crippen molar-refractivity contribution in [1.29, 1.82) is 0 Å². The summed E-state index contributed by atoms with van der Waals surface area (Å²) in [5, 5.41) is 9.07. The van der Waals surface area contributed by atoms with Crippen LogP contribution in [-0.2, 0) is 14.6 Å².